The standard InChI is InChI=1S/C22H22ClFN2O2/c23-19-2-1-3-20(24)18(19)12-21(27)26(17-10-11-17)13-14-4-6-15(7-5-14)22(28)25-16-8-9-16/h1-7,16-17H,8-13H2,(H,25,28). The summed E-state index contributed by atoms with van der Waals surface area (Å²) in [4.78, 5) is 26.7. The first-order valence-electron chi connectivity index (χ1n) is 9.63. The lowest BCUT2D eigenvalue weighted by Crippen LogP contribution is -2.34. The molecule has 6 heteroatoms. The van der Waals surface area contributed by atoms with Crippen LogP contribution in [0.1, 0.15) is 47.2 Å². The third-order valence-electron chi connectivity index (χ3n) is 5.18. The van der Waals surface area contributed by atoms with E-state index in [-0.39, 0.29) is 34.9 Å². The molecule has 2 aromatic carbocycles. The van der Waals surface area contributed by atoms with Gasteiger partial charge in [-0.25, -0.2) is 4.39 Å². The Labute approximate surface area is 168 Å². The van der Waals surface area contributed by atoms with Crippen molar-refractivity contribution in [3.8, 4) is 0 Å². The Hall–Kier alpha value is -2.40. The molecule has 1 N–H and O–H groups in total. The molecular weight excluding hydrogens is 379 g/mol. The van der Waals surface area contributed by atoms with Gasteiger partial charge >= 0.3 is 0 Å². The Morgan fingerprint density at radius 1 is 1.07 bits per heavy atom. The molecule has 0 aromatic heterocycles. The molecule has 2 aliphatic carbocycles. The summed E-state index contributed by atoms with van der Waals surface area (Å²) in [5.41, 5.74) is 1.81. The van der Waals surface area contributed by atoms with Crippen LogP contribution in [0.15, 0.2) is 42.5 Å². The van der Waals surface area contributed by atoms with Crippen molar-refractivity contribution in [2.45, 2.75) is 50.7 Å². The van der Waals surface area contributed by atoms with Crippen LogP contribution >= 0.6 is 11.6 Å². The maximum atomic E-state index is 14.0. The molecule has 2 aromatic rings. The number of hydrogen-bond acceptors (Lipinski definition) is 2. The van der Waals surface area contributed by atoms with Crippen molar-refractivity contribution in [2.75, 3.05) is 0 Å². The first kappa shape index (κ1) is 18.9. The zero-order chi connectivity index (χ0) is 19.7. The molecule has 146 valence electrons. The van der Waals surface area contributed by atoms with Gasteiger partial charge in [-0.05, 0) is 55.5 Å². The number of nitrogens with one attached hydrogen (secondary N) is 1. The average Bonchev–Trinajstić information content (AvgIpc) is 3.58. The van der Waals surface area contributed by atoms with E-state index in [1.807, 2.05) is 12.1 Å². The van der Waals surface area contributed by atoms with E-state index in [1.165, 1.54) is 12.1 Å². The lowest BCUT2D eigenvalue weighted by molar-refractivity contribution is -0.131. The molecule has 4 rings (SSSR count). The zero-order valence-electron chi connectivity index (χ0n) is 15.5. The highest BCUT2D eigenvalue weighted by molar-refractivity contribution is 6.31. The van der Waals surface area contributed by atoms with Gasteiger partial charge in [-0.1, -0.05) is 29.8 Å². The van der Waals surface area contributed by atoms with Gasteiger partial charge in [0.05, 0.1) is 6.42 Å². The molecule has 0 saturated heterocycles. The molecule has 2 amide bonds. The van der Waals surface area contributed by atoms with Crippen LogP contribution in [0.2, 0.25) is 5.02 Å². The second kappa shape index (κ2) is 7.92. The van der Waals surface area contributed by atoms with E-state index in [0.29, 0.717) is 18.2 Å². The van der Waals surface area contributed by atoms with Crippen molar-refractivity contribution in [1.29, 1.82) is 0 Å². The number of halogens is 2. The van der Waals surface area contributed by atoms with Gasteiger partial charge in [0.2, 0.25) is 5.91 Å². The van der Waals surface area contributed by atoms with Gasteiger partial charge in [-0.15, -0.1) is 0 Å². The normalized spacial score (nSPS) is 15.9. The summed E-state index contributed by atoms with van der Waals surface area (Å²) >= 11 is 6.07. The van der Waals surface area contributed by atoms with E-state index >= 15 is 0 Å². The van der Waals surface area contributed by atoms with Crippen LogP contribution < -0.4 is 5.32 Å². The van der Waals surface area contributed by atoms with Gasteiger partial charge in [-0.2, -0.15) is 0 Å². The van der Waals surface area contributed by atoms with Crippen LogP contribution in [-0.4, -0.2) is 28.8 Å². The quantitative estimate of drug-likeness (QED) is 0.760. The van der Waals surface area contributed by atoms with Crippen LogP contribution in [0.25, 0.3) is 0 Å². The fraction of sp³-hybridized carbons (Fsp3) is 0.364. The Bertz CT molecular complexity index is 872. The number of carbonyl (C=O) groups is 2. The molecule has 0 atom stereocenters. The van der Waals surface area contributed by atoms with Gasteiger partial charge < -0.3 is 10.2 Å². The maximum absolute atomic E-state index is 14.0. The van der Waals surface area contributed by atoms with Crippen LogP contribution in [0.4, 0.5) is 4.39 Å². The first-order chi connectivity index (χ1) is 13.5. The van der Waals surface area contributed by atoms with Gasteiger partial charge in [-0.3, -0.25) is 9.59 Å². The highest BCUT2D eigenvalue weighted by atomic mass is 35.5. The van der Waals surface area contributed by atoms with Gasteiger partial charge in [0.1, 0.15) is 5.82 Å². The highest BCUT2D eigenvalue weighted by Crippen LogP contribution is 2.30. The molecule has 2 aliphatic rings. The molecule has 0 bridgehead atoms. The monoisotopic (exact) mass is 400 g/mol. The van der Waals surface area contributed by atoms with E-state index in [1.54, 1.807) is 23.1 Å². The number of nitrogens with zero attached hydrogens (tertiary/aromatic N) is 1. The lowest BCUT2D eigenvalue weighted by Gasteiger charge is -2.23. The molecule has 0 aliphatic heterocycles. The summed E-state index contributed by atoms with van der Waals surface area (Å²) in [7, 11) is 0. The fourth-order valence-corrected chi connectivity index (χ4v) is 3.45. The van der Waals surface area contributed by atoms with E-state index in [0.717, 1.165) is 31.2 Å². The number of hydrogen-bond donors (Lipinski definition) is 1. The highest BCUT2D eigenvalue weighted by Gasteiger charge is 2.33. The van der Waals surface area contributed by atoms with Crippen molar-refractivity contribution in [3.63, 3.8) is 0 Å². The average molecular weight is 401 g/mol. The van der Waals surface area contributed by atoms with Crippen molar-refractivity contribution >= 4 is 23.4 Å². The van der Waals surface area contributed by atoms with Crippen molar-refractivity contribution < 1.29 is 14.0 Å². The Morgan fingerprint density at radius 3 is 2.39 bits per heavy atom. The second-order valence-electron chi connectivity index (χ2n) is 7.57. The van der Waals surface area contributed by atoms with Crippen LogP contribution in [0, 0.1) is 5.82 Å². The van der Waals surface area contributed by atoms with Crippen molar-refractivity contribution in [2.24, 2.45) is 0 Å². The minimum Gasteiger partial charge on any atom is -0.349 e. The summed E-state index contributed by atoms with van der Waals surface area (Å²) in [6.07, 6.45) is 3.96. The van der Waals surface area contributed by atoms with Crippen LogP contribution in [0.3, 0.4) is 0 Å². The van der Waals surface area contributed by atoms with E-state index < -0.39 is 5.82 Å². The van der Waals surface area contributed by atoms with Gasteiger partial charge in [0, 0.05) is 34.8 Å². The summed E-state index contributed by atoms with van der Waals surface area (Å²) in [6.45, 7) is 0.445. The molecule has 0 unspecified atom stereocenters. The maximum Gasteiger partial charge on any atom is 0.251 e. The fourth-order valence-electron chi connectivity index (χ4n) is 3.22. The summed E-state index contributed by atoms with van der Waals surface area (Å²) in [5, 5.41) is 3.24. The third kappa shape index (κ3) is 4.53. The van der Waals surface area contributed by atoms with Gasteiger partial charge in [0.15, 0.2) is 0 Å². The van der Waals surface area contributed by atoms with Crippen molar-refractivity contribution in [1.82, 2.24) is 10.2 Å². The molecule has 0 heterocycles. The molecule has 0 radical (unpaired) electrons. The van der Waals surface area contributed by atoms with Crippen molar-refractivity contribution in [3.05, 3.63) is 70.0 Å². The SMILES string of the molecule is O=C(NC1CC1)c1ccc(CN(C(=O)Cc2c(F)cccc2Cl)C2CC2)cc1. The Balaban J connectivity index is 1.43. The minimum absolute atomic E-state index is 0.0517. The Morgan fingerprint density at radius 2 is 1.79 bits per heavy atom. The lowest BCUT2D eigenvalue weighted by atomic mass is 10.1. The third-order valence-corrected chi connectivity index (χ3v) is 5.53. The Kier molecular flexibility index (Phi) is 5.36. The van der Waals surface area contributed by atoms with Gasteiger partial charge in [0.25, 0.3) is 5.91 Å². The summed E-state index contributed by atoms with van der Waals surface area (Å²) < 4.78 is 14.0. The molecule has 4 nitrogen and oxygen atoms in total. The molecule has 2 fully saturated rings. The molecule has 2 saturated carbocycles. The smallest absolute Gasteiger partial charge is 0.251 e. The second-order valence-corrected chi connectivity index (χ2v) is 7.98. The zero-order valence-corrected chi connectivity index (χ0v) is 16.2. The number of rotatable bonds is 7. The van der Waals surface area contributed by atoms with E-state index in [9.17, 15) is 14.0 Å². The van der Waals surface area contributed by atoms with Crippen LogP contribution in [0.5, 0.6) is 0 Å². The largest absolute Gasteiger partial charge is 0.349 e. The predicted octanol–water partition coefficient (Wildman–Crippen LogP) is 4.11. The predicted molar refractivity (Wildman–Crippen MR) is 106 cm³/mol. The topological polar surface area (TPSA) is 49.4 Å². The minimum atomic E-state index is -0.456. The number of amides is 2. The van der Waals surface area contributed by atoms with Crippen LogP contribution in [-0.2, 0) is 17.8 Å². The summed E-state index contributed by atoms with van der Waals surface area (Å²) in [6, 6.07) is 12.3. The molecule has 0 spiro atoms. The number of carbonyl (C=O) groups excluding carboxylic acids is 2. The molecular formula is C22H22ClFN2O2. The first-order valence-corrected chi connectivity index (χ1v) is 10.0. The number of benzene rings is 2. The van der Waals surface area contributed by atoms with E-state index in [2.05, 4.69) is 5.32 Å². The molecule has 28 heavy (non-hydrogen) atoms. The summed E-state index contributed by atoms with van der Waals surface area (Å²) in [5.74, 6) is -0.647. The van der Waals surface area contributed by atoms with E-state index in [4.69, 9.17) is 11.6 Å².